The number of nitrogens with zero attached hydrogens (tertiary/aromatic N) is 3. The molecular weight excluding hydrogens is 382 g/mol. The Hall–Kier alpha value is -1.44. The van der Waals surface area contributed by atoms with E-state index in [2.05, 4.69) is 36.9 Å². The third kappa shape index (κ3) is 4.10. The van der Waals surface area contributed by atoms with Gasteiger partial charge in [0.05, 0.1) is 11.7 Å². The molecule has 1 aromatic carbocycles. The van der Waals surface area contributed by atoms with Crippen molar-refractivity contribution in [2.24, 2.45) is 0 Å². The standard InChI is InChI=1S/C15H18BrN5O.ClH/c1-10-14(15(22)18-12-4-2-3-11(16)9-12)19-20-21(10)13-5-7-17-8-6-13;/h2-4,9,13,17H,5-8H2,1H3,(H,18,22);1H. The molecule has 0 saturated carbocycles. The molecule has 2 N–H and O–H groups in total. The maximum atomic E-state index is 12.4. The minimum atomic E-state index is -0.226. The molecule has 0 radical (unpaired) electrons. The predicted molar refractivity (Wildman–Crippen MR) is 95.2 cm³/mol. The maximum Gasteiger partial charge on any atom is 0.278 e. The van der Waals surface area contributed by atoms with E-state index in [0.29, 0.717) is 11.7 Å². The molecule has 0 aliphatic carbocycles. The lowest BCUT2D eigenvalue weighted by Crippen LogP contribution is -2.30. The van der Waals surface area contributed by atoms with Gasteiger partial charge in [0.15, 0.2) is 5.69 Å². The normalized spacial score (nSPS) is 15.0. The molecule has 8 heteroatoms. The van der Waals surface area contributed by atoms with Crippen molar-refractivity contribution in [1.29, 1.82) is 0 Å². The number of piperidine rings is 1. The fourth-order valence-corrected chi connectivity index (χ4v) is 3.10. The quantitative estimate of drug-likeness (QED) is 0.831. The molecular formula is C15H19BrClN5O. The number of rotatable bonds is 3. The van der Waals surface area contributed by atoms with E-state index in [1.165, 1.54) is 0 Å². The van der Waals surface area contributed by atoms with Crippen LogP contribution in [0.5, 0.6) is 0 Å². The summed E-state index contributed by atoms with van der Waals surface area (Å²) in [6.45, 7) is 3.85. The molecule has 0 unspecified atom stereocenters. The summed E-state index contributed by atoms with van der Waals surface area (Å²) in [6.07, 6.45) is 2.02. The zero-order valence-corrected chi connectivity index (χ0v) is 15.2. The number of aromatic nitrogens is 3. The summed E-state index contributed by atoms with van der Waals surface area (Å²) < 4.78 is 2.80. The van der Waals surface area contributed by atoms with Gasteiger partial charge in [0.2, 0.25) is 0 Å². The number of hydrogen-bond acceptors (Lipinski definition) is 4. The first-order valence-corrected chi connectivity index (χ1v) is 8.14. The molecule has 0 spiro atoms. The van der Waals surface area contributed by atoms with Gasteiger partial charge in [0.1, 0.15) is 0 Å². The van der Waals surface area contributed by atoms with Gasteiger partial charge < -0.3 is 10.6 Å². The van der Waals surface area contributed by atoms with Gasteiger partial charge in [0, 0.05) is 10.2 Å². The number of nitrogens with one attached hydrogen (secondary N) is 2. The Morgan fingerprint density at radius 3 is 2.83 bits per heavy atom. The van der Waals surface area contributed by atoms with Crippen LogP contribution >= 0.6 is 28.3 Å². The smallest absolute Gasteiger partial charge is 0.278 e. The minimum Gasteiger partial charge on any atom is -0.320 e. The molecule has 23 heavy (non-hydrogen) atoms. The second-order valence-corrected chi connectivity index (χ2v) is 6.33. The Morgan fingerprint density at radius 1 is 1.39 bits per heavy atom. The van der Waals surface area contributed by atoms with E-state index >= 15 is 0 Å². The van der Waals surface area contributed by atoms with Crippen molar-refractivity contribution < 1.29 is 4.79 Å². The first kappa shape index (κ1) is 17.9. The summed E-state index contributed by atoms with van der Waals surface area (Å²) in [5.41, 5.74) is 1.94. The predicted octanol–water partition coefficient (Wildman–Crippen LogP) is 2.95. The van der Waals surface area contributed by atoms with Gasteiger partial charge in [-0.3, -0.25) is 4.79 Å². The molecule has 3 rings (SSSR count). The Morgan fingerprint density at radius 2 is 2.13 bits per heavy atom. The fraction of sp³-hybridized carbons (Fsp3) is 0.400. The van der Waals surface area contributed by atoms with Crippen LogP contribution in [0.2, 0.25) is 0 Å². The lowest BCUT2D eigenvalue weighted by Gasteiger charge is -2.23. The highest BCUT2D eigenvalue weighted by molar-refractivity contribution is 9.10. The highest BCUT2D eigenvalue weighted by Crippen LogP contribution is 2.21. The van der Waals surface area contributed by atoms with E-state index in [4.69, 9.17) is 0 Å². The number of carbonyl (C=O) groups excluding carboxylic acids is 1. The van der Waals surface area contributed by atoms with Crippen molar-refractivity contribution in [2.45, 2.75) is 25.8 Å². The lowest BCUT2D eigenvalue weighted by atomic mass is 10.1. The molecule has 1 aliphatic heterocycles. The Kier molecular flexibility index (Phi) is 6.15. The molecule has 124 valence electrons. The minimum absolute atomic E-state index is 0. The van der Waals surface area contributed by atoms with E-state index < -0.39 is 0 Å². The van der Waals surface area contributed by atoms with Gasteiger partial charge in [0.25, 0.3) is 5.91 Å². The van der Waals surface area contributed by atoms with Crippen LogP contribution in [0, 0.1) is 6.92 Å². The number of amides is 1. The highest BCUT2D eigenvalue weighted by Gasteiger charge is 2.22. The van der Waals surface area contributed by atoms with Gasteiger partial charge in [-0.2, -0.15) is 0 Å². The number of hydrogen-bond donors (Lipinski definition) is 2. The van der Waals surface area contributed by atoms with Crippen molar-refractivity contribution in [1.82, 2.24) is 20.3 Å². The van der Waals surface area contributed by atoms with Crippen molar-refractivity contribution in [3.05, 3.63) is 40.1 Å². The number of carbonyl (C=O) groups is 1. The lowest BCUT2D eigenvalue weighted by molar-refractivity contribution is 0.102. The van der Waals surface area contributed by atoms with Gasteiger partial charge in [-0.1, -0.05) is 27.2 Å². The third-order valence-electron chi connectivity index (χ3n) is 3.88. The summed E-state index contributed by atoms with van der Waals surface area (Å²) >= 11 is 3.39. The largest absolute Gasteiger partial charge is 0.320 e. The van der Waals surface area contributed by atoms with Gasteiger partial charge >= 0.3 is 0 Å². The maximum absolute atomic E-state index is 12.4. The van der Waals surface area contributed by atoms with Gasteiger partial charge in [-0.15, -0.1) is 17.5 Å². The van der Waals surface area contributed by atoms with Crippen LogP contribution in [-0.2, 0) is 0 Å². The Balaban J connectivity index is 0.00000192. The van der Waals surface area contributed by atoms with Gasteiger partial charge in [-0.05, 0) is 51.1 Å². The molecule has 1 aliphatic rings. The zero-order chi connectivity index (χ0) is 15.5. The number of benzene rings is 1. The van der Waals surface area contributed by atoms with Crippen LogP contribution in [0.3, 0.4) is 0 Å². The summed E-state index contributed by atoms with van der Waals surface area (Å²) in [5.74, 6) is -0.226. The van der Waals surface area contributed by atoms with Gasteiger partial charge in [-0.25, -0.2) is 4.68 Å². The SMILES string of the molecule is Cc1c(C(=O)Nc2cccc(Br)c2)nnn1C1CCNCC1.Cl. The van der Waals surface area contributed by atoms with Crippen LogP contribution in [0.4, 0.5) is 5.69 Å². The summed E-state index contributed by atoms with van der Waals surface area (Å²) in [6, 6.07) is 7.80. The van der Waals surface area contributed by atoms with Crippen LogP contribution < -0.4 is 10.6 Å². The van der Waals surface area contributed by atoms with Crippen molar-refractivity contribution in [3.63, 3.8) is 0 Å². The van der Waals surface area contributed by atoms with E-state index in [0.717, 1.165) is 41.8 Å². The molecule has 0 atom stereocenters. The Labute approximate surface area is 149 Å². The van der Waals surface area contributed by atoms with Crippen LogP contribution in [0.15, 0.2) is 28.7 Å². The monoisotopic (exact) mass is 399 g/mol. The van der Waals surface area contributed by atoms with E-state index in [9.17, 15) is 4.79 Å². The summed E-state index contributed by atoms with van der Waals surface area (Å²) in [5, 5.41) is 14.5. The van der Waals surface area contributed by atoms with E-state index in [-0.39, 0.29) is 18.3 Å². The molecule has 6 nitrogen and oxygen atoms in total. The molecule has 1 fully saturated rings. The molecule has 0 bridgehead atoms. The topological polar surface area (TPSA) is 71.8 Å². The van der Waals surface area contributed by atoms with E-state index in [1.807, 2.05) is 35.9 Å². The van der Waals surface area contributed by atoms with Crippen molar-refractivity contribution in [3.8, 4) is 0 Å². The summed E-state index contributed by atoms with van der Waals surface area (Å²) in [7, 11) is 0. The third-order valence-corrected chi connectivity index (χ3v) is 4.37. The molecule has 1 saturated heterocycles. The summed E-state index contributed by atoms with van der Waals surface area (Å²) in [4.78, 5) is 12.4. The first-order valence-electron chi connectivity index (χ1n) is 7.34. The molecule has 1 aromatic heterocycles. The van der Waals surface area contributed by atoms with Crippen LogP contribution in [-0.4, -0.2) is 34.0 Å². The van der Waals surface area contributed by atoms with E-state index in [1.54, 1.807) is 0 Å². The number of anilines is 1. The molecule has 1 amide bonds. The highest BCUT2D eigenvalue weighted by atomic mass is 79.9. The fourth-order valence-electron chi connectivity index (χ4n) is 2.71. The zero-order valence-electron chi connectivity index (χ0n) is 12.8. The second kappa shape index (κ2) is 7.90. The average molecular weight is 401 g/mol. The average Bonchev–Trinajstić information content (AvgIpc) is 2.90. The number of halogens is 2. The molecule has 2 heterocycles. The Bertz CT molecular complexity index is 684. The second-order valence-electron chi connectivity index (χ2n) is 5.41. The van der Waals surface area contributed by atoms with Crippen molar-refractivity contribution in [2.75, 3.05) is 18.4 Å². The van der Waals surface area contributed by atoms with Crippen molar-refractivity contribution >= 4 is 39.9 Å². The van der Waals surface area contributed by atoms with Crippen LogP contribution in [0.1, 0.15) is 35.1 Å². The molecule has 2 aromatic rings. The van der Waals surface area contributed by atoms with Crippen LogP contribution in [0.25, 0.3) is 0 Å². The first-order chi connectivity index (χ1) is 10.6.